The lowest BCUT2D eigenvalue weighted by Gasteiger charge is -2.21. The molecule has 0 fully saturated rings. The van der Waals surface area contributed by atoms with Crippen LogP contribution in [0.3, 0.4) is 0 Å². The Morgan fingerprint density at radius 3 is 2.76 bits per heavy atom. The zero-order valence-electron chi connectivity index (χ0n) is 10.0. The molecule has 0 saturated heterocycles. The molecule has 2 N–H and O–H groups in total. The molecule has 5 heteroatoms. The maximum Gasteiger partial charge on any atom is 0.256 e. The van der Waals surface area contributed by atoms with Crippen LogP contribution < -0.4 is 5.32 Å². The van der Waals surface area contributed by atoms with Gasteiger partial charge in [-0.25, -0.2) is 4.39 Å². The predicted octanol–water partition coefficient (Wildman–Crippen LogP) is 1.32. The monoisotopic (exact) mass is 240 g/mol. The number of carbonyl (C=O) groups is 1. The molecule has 1 aromatic carbocycles. The van der Waals surface area contributed by atoms with E-state index in [0.29, 0.717) is 6.54 Å². The number of nitrogens with one attached hydrogen (secondary N) is 1. The highest BCUT2D eigenvalue weighted by molar-refractivity contribution is 5.99. The number of halogens is 1. The van der Waals surface area contributed by atoms with Crippen molar-refractivity contribution in [2.75, 3.05) is 32.1 Å². The number of likely N-dealkylation sites (N-methyl/N-ethyl adjacent to an activating group) is 1. The van der Waals surface area contributed by atoms with E-state index in [1.165, 1.54) is 17.0 Å². The average Bonchev–Trinajstić information content (AvgIpc) is 2.34. The molecule has 94 valence electrons. The van der Waals surface area contributed by atoms with Gasteiger partial charge < -0.3 is 15.3 Å². The number of anilines is 1. The van der Waals surface area contributed by atoms with Gasteiger partial charge in [-0.2, -0.15) is 0 Å². The van der Waals surface area contributed by atoms with E-state index in [-0.39, 0.29) is 30.3 Å². The highest BCUT2D eigenvalue weighted by Crippen LogP contribution is 2.20. The Kier molecular flexibility index (Phi) is 4.90. The number of carbonyl (C=O) groups excluding carboxylic acids is 1. The third-order valence-electron chi connectivity index (χ3n) is 2.53. The summed E-state index contributed by atoms with van der Waals surface area (Å²) < 4.78 is 13.5. The van der Waals surface area contributed by atoms with E-state index in [9.17, 15) is 9.18 Å². The first-order valence-corrected chi connectivity index (χ1v) is 5.52. The van der Waals surface area contributed by atoms with Gasteiger partial charge in [0, 0.05) is 20.1 Å². The summed E-state index contributed by atoms with van der Waals surface area (Å²) in [5.41, 5.74) is 0.469. The van der Waals surface area contributed by atoms with Gasteiger partial charge in [0.15, 0.2) is 0 Å². The van der Waals surface area contributed by atoms with Crippen molar-refractivity contribution in [3.8, 4) is 0 Å². The van der Waals surface area contributed by atoms with Crippen LogP contribution in [0.2, 0.25) is 0 Å². The molecule has 0 saturated carbocycles. The summed E-state index contributed by atoms with van der Waals surface area (Å²) in [6.07, 6.45) is 0. The largest absolute Gasteiger partial charge is 0.395 e. The molecular formula is C12H17FN2O2. The Bertz CT molecular complexity index is 396. The number of amides is 1. The van der Waals surface area contributed by atoms with E-state index in [1.807, 2.05) is 6.92 Å². The Morgan fingerprint density at radius 1 is 1.53 bits per heavy atom. The number of aliphatic hydroxyl groups is 1. The van der Waals surface area contributed by atoms with E-state index in [0.717, 1.165) is 0 Å². The molecule has 1 rings (SSSR count). The van der Waals surface area contributed by atoms with Gasteiger partial charge in [-0.3, -0.25) is 4.79 Å². The lowest BCUT2D eigenvalue weighted by molar-refractivity contribution is 0.0732. The average molecular weight is 240 g/mol. The minimum Gasteiger partial charge on any atom is -0.395 e. The fraction of sp³-hybridized carbons (Fsp3) is 0.417. The maximum absolute atomic E-state index is 13.5. The van der Waals surface area contributed by atoms with E-state index < -0.39 is 5.82 Å². The van der Waals surface area contributed by atoms with Crippen molar-refractivity contribution in [2.24, 2.45) is 0 Å². The van der Waals surface area contributed by atoms with Crippen LogP contribution in [0.25, 0.3) is 0 Å². The molecule has 0 unspecified atom stereocenters. The van der Waals surface area contributed by atoms with Crippen molar-refractivity contribution < 1.29 is 14.3 Å². The second-order valence-corrected chi connectivity index (χ2v) is 3.52. The molecular weight excluding hydrogens is 223 g/mol. The lowest BCUT2D eigenvalue weighted by atomic mass is 10.1. The lowest BCUT2D eigenvalue weighted by Crippen LogP contribution is -2.33. The van der Waals surface area contributed by atoms with Gasteiger partial charge >= 0.3 is 0 Å². The minimum absolute atomic E-state index is 0.107. The Morgan fingerprint density at radius 2 is 2.24 bits per heavy atom. The summed E-state index contributed by atoms with van der Waals surface area (Å²) in [6, 6.07) is 4.36. The fourth-order valence-electron chi connectivity index (χ4n) is 1.65. The molecule has 0 spiro atoms. The van der Waals surface area contributed by atoms with E-state index in [1.54, 1.807) is 13.1 Å². The van der Waals surface area contributed by atoms with Gasteiger partial charge in [-0.15, -0.1) is 0 Å². The molecule has 1 aromatic rings. The zero-order valence-corrected chi connectivity index (χ0v) is 10.0. The smallest absolute Gasteiger partial charge is 0.256 e. The molecule has 4 nitrogen and oxygen atoms in total. The molecule has 0 aliphatic heterocycles. The van der Waals surface area contributed by atoms with Crippen molar-refractivity contribution >= 4 is 11.6 Å². The van der Waals surface area contributed by atoms with Gasteiger partial charge in [0.1, 0.15) is 5.82 Å². The van der Waals surface area contributed by atoms with Crippen LogP contribution in [-0.2, 0) is 0 Å². The summed E-state index contributed by atoms with van der Waals surface area (Å²) in [5.74, 6) is -0.746. The van der Waals surface area contributed by atoms with Crippen molar-refractivity contribution in [1.29, 1.82) is 0 Å². The van der Waals surface area contributed by atoms with Gasteiger partial charge in [0.2, 0.25) is 0 Å². The third kappa shape index (κ3) is 2.94. The van der Waals surface area contributed by atoms with Crippen molar-refractivity contribution in [1.82, 2.24) is 4.90 Å². The molecule has 0 atom stereocenters. The number of nitrogens with zero attached hydrogens (tertiary/aromatic N) is 1. The standard InChI is InChI=1S/C12H17FN2O2/c1-3-15(7-8-16)12(17)9-5-4-6-10(13)11(9)14-2/h4-6,14,16H,3,7-8H2,1-2H3. The number of para-hydroxylation sites is 1. The number of benzene rings is 1. The second-order valence-electron chi connectivity index (χ2n) is 3.52. The van der Waals surface area contributed by atoms with Crippen LogP contribution >= 0.6 is 0 Å². The molecule has 0 heterocycles. The number of hydrogen-bond donors (Lipinski definition) is 2. The Labute approximate surface area is 100 Å². The van der Waals surface area contributed by atoms with Crippen LogP contribution in [0.1, 0.15) is 17.3 Å². The van der Waals surface area contributed by atoms with E-state index in [2.05, 4.69) is 5.32 Å². The van der Waals surface area contributed by atoms with Crippen molar-refractivity contribution in [3.63, 3.8) is 0 Å². The number of rotatable bonds is 5. The van der Waals surface area contributed by atoms with Crippen LogP contribution in [0.5, 0.6) is 0 Å². The number of hydrogen-bond acceptors (Lipinski definition) is 3. The molecule has 0 aliphatic carbocycles. The van der Waals surface area contributed by atoms with E-state index in [4.69, 9.17) is 5.11 Å². The first-order chi connectivity index (χ1) is 8.15. The summed E-state index contributed by atoms with van der Waals surface area (Å²) in [5, 5.41) is 11.5. The molecule has 0 aliphatic rings. The van der Waals surface area contributed by atoms with Gasteiger partial charge in [0.25, 0.3) is 5.91 Å². The van der Waals surface area contributed by atoms with Crippen molar-refractivity contribution in [2.45, 2.75) is 6.92 Å². The van der Waals surface area contributed by atoms with Crippen molar-refractivity contribution in [3.05, 3.63) is 29.6 Å². The molecule has 17 heavy (non-hydrogen) atoms. The highest BCUT2D eigenvalue weighted by atomic mass is 19.1. The summed E-state index contributed by atoms with van der Waals surface area (Å²) in [6.45, 7) is 2.42. The second kappa shape index (κ2) is 6.20. The normalized spacial score (nSPS) is 10.1. The van der Waals surface area contributed by atoms with Crippen LogP contribution in [0.15, 0.2) is 18.2 Å². The summed E-state index contributed by atoms with van der Waals surface area (Å²) >= 11 is 0. The topological polar surface area (TPSA) is 52.6 Å². The predicted molar refractivity (Wildman–Crippen MR) is 64.6 cm³/mol. The van der Waals surface area contributed by atoms with Gasteiger partial charge in [-0.1, -0.05) is 6.07 Å². The fourth-order valence-corrected chi connectivity index (χ4v) is 1.65. The molecule has 0 radical (unpaired) electrons. The molecule has 0 bridgehead atoms. The SMILES string of the molecule is CCN(CCO)C(=O)c1cccc(F)c1NC. The van der Waals surface area contributed by atoms with Crippen LogP contribution in [0, 0.1) is 5.82 Å². The Balaban J connectivity index is 3.06. The summed E-state index contributed by atoms with van der Waals surface area (Å²) in [7, 11) is 1.57. The zero-order chi connectivity index (χ0) is 12.8. The number of aliphatic hydroxyl groups excluding tert-OH is 1. The van der Waals surface area contributed by atoms with Gasteiger partial charge in [0.05, 0.1) is 17.9 Å². The van der Waals surface area contributed by atoms with Crippen LogP contribution in [0.4, 0.5) is 10.1 Å². The van der Waals surface area contributed by atoms with Crippen LogP contribution in [-0.4, -0.2) is 42.7 Å². The van der Waals surface area contributed by atoms with Gasteiger partial charge in [-0.05, 0) is 19.1 Å². The molecule has 0 aromatic heterocycles. The van der Waals surface area contributed by atoms with E-state index >= 15 is 0 Å². The minimum atomic E-state index is -0.460. The first kappa shape index (κ1) is 13.4. The maximum atomic E-state index is 13.5. The first-order valence-electron chi connectivity index (χ1n) is 5.52. The molecule has 1 amide bonds. The quantitative estimate of drug-likeness (QED) is 0.816. The Hall–Kier alpha value is -1.62. The third-order valence-corrected chi connectivity index (χ3v) is 2.53. The summed E-state index contributed by atoms with van der Waals surface area (Å²) in [4.78, 5) is 13.6. The highest BCUT2D eigenvalue weighted by Gasteiger charge is 2.18.